The van der Waals surface area contributed by atoms with Gasteiger partial charge in [-0.2, -0.15) is 0 Å². The standard InChI is InChI=1S/C28H36N2O6S/c1-16(18-6-8-19(9-7-18)26-17(2)29-15-37-26)10-24(33)23-12-21(32)14-30(23)27(36)22(28(3,4)5)11-20(31)13-25(34)35/h6-9,15-16,21-23,32H,10-14H2,1-5H3,(H,34,35)/t16-,21-,22-,23+/m1/s1. The summed E-state index contributed by atoms with van der Waals surface area (Å²) >= 11 is 1.58. The van der Waals surface area contributed by atoms with E-state index in [2.05, 4.69) is 4.98 Å². The molecule has 3 rings (SSSR count). The summed E-state index contributed by atoms with van der Waals surface area (Å²) in [6, 6.07) is 7.27. The highest BCUT2D eigenvalue weighted by Gasteiger charge is 2.44. The van der Waals surface area contributed by atoms with Crippen molar-refractivity contribution in [2.45, 2.75) is 78.4 Å². The lowest BCUT2D eigenvalue weighted by Gasteiger charge is -2.35. The zero-order valence-corrected chi connectivity index (χ0v) is 22.9. The molecular formula is C28H36N2O6S. The Morgan fingerprint density at radius 3 is 2.32 bits per heavy atom. The molecule has 2 N–H and O–H groups in total. The first-order valence-corrected chi connectivity index (χ1v) is 13.4. The van der Waals surface area contributed by atoms with E-state index in [1.165, 1.54) is 4.90 Å². The Kier molecular flexibility index (Phi) is 9.02. The number of rotatable bonds is 10. The van der Waals surface area contributed by atoms with Crippen LogP contribution in [0, 0.1) is 18.3 Å². The van der Waals surface area contributed by atoms with Gasteiger partial charge >= 0.3 is 5.97 Å². The number of likely N-dealkylation sites (tertiary alicyclic amines) is 1. The third kappa shape index (κ3) is 7.11. The number of ketones is 2. The van der Waals surface area contributed by atoms with Crippen LogP contribution in [0.5, 0.6) is 0 Å². The van der Waals surface area contributed by atoms with Crippen molar-refractivity contribution in [2.75, 3.05) is 6.54 Å². The maximum absolute atomic E-state index is 13.6. The van der Waals surface area contributed by atoms with Crippen LogP contribution in [0.1, 0.15) is 70.6 Å². The molecule has 200 valence electrons. The van der Waals surface area contributed by atoms with Gasteiger partial charge in [0.1, 0.15) is 12.2 Å². The van der Waals surface area contributed by atoms with Gasteiger partial charge in [0.2, 0.25) is 5.91 Å². The van der Waals surface area contributed by atoms with E-state index < -0.39 is 47.6 Å². The number of aryl methyl sites for hydroxylation is 1. The number of aliphatic hydroxyl groups excluding tert-OH is 1. The van der Waals surface area contributed by atoms with Crippen molar-refractivity contribution in [3.05, 3.63) is 41.0 Å². The fraction of sp³-hybridized carbons (Fsp3) is 0.536. The summed E-state index contributed by atoms with van der Waals surface area (Å²) in [4.78, 5) is 57.0. The second-order valence-electron chi connectivity index (χ2n) is 11.1. The number of aliphatic carboxylic acids is 1. The molecule has 1 aliphatic rings. The van der Waals surface area contributed by atoms with Crippen LogP contribution >= 0.6 is 11.3 Å². The zero-order valence-electron chi connectivity index (χ0n) is 22.1. The summed E-state index contributed by atoms with van der Waals surface area (Å²) in [5.41, 5.74) is 4.24. The molecule has 1 aromatic heterocycles. The molecule has 0 radical (unpaired) electrons. The maximum atomic E-state index is 13.6. The largest absolute Gasteiger partial charge is 0.481 e. The van der Waals surface area contributed by atoms with Gasteiger partial charge in [0.05, 0.1) is 28.2 Å². The first kappa shape index (κ1) is 28.7. The summed E-state index contributed by atoms with van der Waals surface area (Å²) in [6.07, 6.45) is -1.34. The van der Waals surface area contributed by atoms with Crippen molar-refractivity contribution in [3.8, 4) is 10.4 Å². The Hall–Kier alpha value is -2.91. The summed E-state index contributed by atoms with van der Waals surface area (Å²) < 4.78 is 0. The van der Waals surface area contributed by atoms with Crippen molar-refractivity contribution in [1.82, 2.24) is 9.88 Å². The fourth-order valence-electron chi connectivity index (χ4n) is 4.89. The quantitative estimate of drug-likeness (QED) is 0.442. The second-order valence-corrected chi connectivity index (χ2v) is 11.9. The number of aromatic nitrogens is 1. The normalized spacial score (nSPS) is 19.5. The molecule has 1 saturated heterocycles. The molecule has 2 heterocycles. The molecule has 1 aromatic carbocycles. The Labute approximate surface area is 221 Å². The van der Waals surface area contributed by atoms with Crippen LogP contribution in [-0.4, -0.2) is 62.2 Å². The minimum atomic E-state index is -1.24. The van der Waals surface area contributed by atoms with Crippen LogP contribution in [0.3, 0.4) is 0 Å². The minimum absolute atomic E-state index is 0.0201. The molecule has 9 heteroatoms. The van der Waals surface area contributed by atoms with E-state index in [-0.39, 0.29) is 37.5 Å². The topological polar surface area (TPSA) is 125 Å². The lowest BCUT2D eigenvalue weighted by Crippen LogP contribution is -2.47. The number of hydrogen-bond donors (Lipinski definition) is 2. The van der Waals surface area contributed by atoms with Gasteiger partial charge in [0.15, 0.2) is 5.78 Å². The Morgan fingerprint density at radius 2 is 1.78 bits per heavy atom. The van der Waals surface area contributed by atoms with Crippen molar-refractivity contribution in [2.24, 2.45) is 11.3 Å². The predicted molar refractivity (Wildman–Crippen MR) is 141 cm³/mol. The van der Waals surface area contributed by atoms with Crippen molar-refractivity contribution >= 4 is 34.8 Å². The highest BCUT2D eigenvalue weighted by molar-refractivity contribution is 7.13. The van der Waals surface area contributed by atoms with Crippen LogP contribution in [0.2, 0.25) is 0 Å². The number of amides is 1. The number of carboxylic acid groups (broad SMARTS) is 1. The van der Waals surface area contributed by atoms with Crippen molar-refractivity contribution in [1.29, 1.82) is 0 Å². The Bertz CT molecular complexity index is 1150. The molecule has 1 aliphatic heterocycles. The van der Waals surface area contributed by atoms with Gasteiger partial charge in [-0.1, -0.05) is 52.0 Å². The van der Waals surface area contributed by atoms with Crippen LogP contribution in [0.15, 0.2) is 29.8 Å². The highest BCUT2D eigenvalue weighted by Crippen LogP contribution is 2.35. The van der Waals surface area contributed by atoms with Gasteiger partial charge in [-0.05, 0) is 29.4 Å². The molecule has 4 atom stereocenters. The summed E-state index contributed by atoms with van der Waals surface area (Å²) in [7, 11) is 0. The monoisotopic (exact) mass is 528 g/mol. The molecule has 1 amide bonds. The number of carbonyl (C=O) groups is 4. The summed E-state index contributed by atoms with van der Waals surface area (Å²) in [5, 5.41) is 19.3. The van der Waals surface area contributed by atoms with Gasteiger partial charge in [-0.25, -0.2) is 4.98 Å². The van der Waals surface area contributed by atoms with Crippen molar-refractivity contribution in [3.63, 3.8) is 0 Å². The van der Waals surface area contributed by atoms with Crippen molar-refractivity contribution < 1.29 is 29.4 Å². The third-order valence-electron chi connectivity index (χ3n) is 7.05. The number of Topliss-reactive ketones (excluding diaryl/α,β-unsaturated/α-hetero) is 2. The van der Waals surface area contributed by atoms with E-state index in [1.807, 2.05) is 64.4 Å². The molecular weight excluding hydrogens is 492 g/mol. The fourth-order valence-corrected chi connectivity index (χ4v) is 5.70. The first-order chi connectivity index (χ1) is 17.3. The minimum Gasteiger partial charge on any atom is -0.481 e. The predicted octanol–water partition coefficient (Wildman–Crippen LogP) is 4.24. The SMILES string of the molecule is Cc1ncsc1-c1ccc([C@H](C)CC(=O)[C@@H]2C[C@@H](O)CN2C(=O)[C@@H](CC(=O)CC(=O)O)C(C)(C)C)cc1. The van der Waals surface area contributed by atoms with Gasteiger partial charge in [-0.15, -0.1) is 11.3 Å². The number of β-amino-alcohol motifs (C(OH)–C–C–N with tert-alkyl or cyclic N) is 1. The first-order valence-electron chi connectivity index (χ1n) is 12.5. The number of carboxylic acids is 1. The van der Waals surface area contributed by atoms with Gasteiger partial charge < -0.3 is 15.1 Å². The number of thiazole rings is 1. The van der Waals surface area contributed by atoms with E-state index in [0.29, 0.717) is 0 Å². The molecule has 0 bridgehead atoms. The Balaban J connectivity index is 1.72. The summed E-state index contributed by atoms with van der Waals surface area (Å²) in [5.74, 6) is -3.18. The molecule has 0 saturated carbocycles. The van der Waals surface area contributed by atoms with E-state index >= 15 is 0 Å². The number of aliphatic hydroxyl groups is 1. The third-order valence-corrected chi connectivity index (χ3v) is 8.03. The van der Waals surface area contributed by atoms with E-state index in [1.54, 1.807) is 11.3 Å². The number of benzene rings is 1. The molecule has 1 fully saturated rings. The van der Waals surface area contributed by atoms with Gasteiger partial charge in [0.25, 0.3) is 0 Å². The average molecular weight is 529 g/mol. The van der Waals surface area contributed by atoms with E-state index in [0.717, 1.165) is 21.7 Å². The van der Waals surface area contributed by atoms with Crippen LogP contribution in [-0.2, 0) is 19.2 Å². The lowest BCUT2D eigenvalue weighted by molar-refractivity contribution is -0.147. The van der Waals surface area contributed by atoms with Crippen LogP contribution in [0.4, 0.5) is 0 Å². The van der Waals surface area contributed by atoms with Crippen LogP contribution in [0.25, 0.3) is 10.4 Å². The maximum Gasteiger partial charge on any atom is 0.310 e. The smallest absolute Gasteiger partial charge is 0.310 e. The van der Waals surface area contributed by atoms with Gasteiger partial charge in [-0.3, -0.25) is 19.2 Å². The lowest BCUT2D eigenvalue weighted by atomic mass is 9.76. The molecule has 8 nitrogen and oxygen atoms in total. The van der Waals surface area contributed by atoms with E-state index in [4.69, 9.17) is 5.11 Å². The molecule has 0 spiro atoms. The number of nitrogens with zero attached hydrogens (tertiary/aromatic N) is 2. The molecule has 0 unspecified atom stereocenters. The second kappa shape index (κ2) is 11.6. The van der Waals surface area contributed by atoms with Gasteiger partial charge in [0, 0.05) is 31.7 Å². The molecule has 37 heavy (non-hydrogen) atoms. The molecule has 0 aliphatic carbocycles. The van der Waals surface area contributed by atoms with Crippen LogP contribution < -0.4 is 0 Å². The number of carbonyl (C=O) groups excluding carboxylic acids is 3. The average Bonchev–Trinajstić information content (AvgIpc) is 3.41. The molecule has 2 aromatic rings. The van der Waals surface area contributed by atoms with E-state index in [9.17, 15) is 24.3 Å². The summed E-state index contributed by atoms with van der Waals surface area (Å²) in [6.45, 7) is 9.39. The zero-order chi connectivity index (χ0) is 27.5. The number of hydrogen-bond acceptors (Lipinski definition) is 7. The Morgan fingerprint density at radius 1 is 1.14 bits per heavy atom. The highest BCUT2D eigenvalue weighted by atomic mass is 32.1.